The first-order valence-corrected chi connectivity index (χ1v) is 6.51. The second kappa shape index (κ2) is 10.4. The Balaban J connectivity index is 3.30. The monoisotopic (exact) mass is 215 g/mol. The molecule has 0 aromatic carbocycles. The molecule has 1 atom stereocenters. The molecule has 1 N–H and O–H groups in total. The lowest BCUT2D eigenvalue weighted by atomic mass is 10.0. The summed E-state index contributed by atoms with van der Waals surface area (Å²) < 4.78 is 5.67. The lowest BCUT2D eigenvalue weighted by Crippen LogP contribution is -2.27. The van der Waals surface area contributed by atoms with Crippen LogP contribution >= 0.6 is 0 Å². The molecule has 0 bridgehead atoms. The zero-order chi connectivity index (χ0) is 11.5. The molecule has 0 spiro atoms. The summed E-state index contributed by atoms with van der Waals surface area (Å²) in [6.45, 7) is 11.6. The Kier molecular flexibility index (Phi) is 10.4. The molecule has 0 aromatic rings. The smallest absolute Gasteiger partial charge is 0.0591 e. The lowest BCUT2D eigenvalue weighted by Gasteiger charge is -2.15. The van der Waals surface area contributed by atoms with Gasteiger partial charge in [-0.3, -0.25) is 0 Å². The predicted molar refractivity (Wildman–Crippen MR) is 67.3 cm³/mol. The zero-order valence-electron chi connectivity index (χ0n) is 11.0. The summed E-state index contributed by atoms with van der Waals surface area (Å²) in [5, 5.41) is 3.36. The summed E-state index contributed by atoms with van der Waals surface area (Å²) in [5.74, 6) is 0.768. The minimum Gasteiger partial charge on any atom is -0.380 e. The van der Waals surface area contributed by atoms with E-state index in [1.807, 2.05) is 0 Å². The third kappa shape index (κ3) is 10.2. The molecule has 1 unspecified atom stereocenters. The van der Waals surface area contributed by atoms with Gasteiger partial charge in [0, 0.05) is 19.2 Å². The Bertz CT molecular complexity index is 126. The van der Waals surface area contributed by atoms with Crippen LogP contribution in [-0.2, 0) is 4.74 Å². The van der Waals surface area contributed by atoms with Crippen molar-refractivity contribution < 1.29 is 4.74 Å². The van der Waals surface area contributed by atoms with Crippen molar-refractivity contribution in [3.63, 3.8) is 0 Å². The van der Waals surface area contributed by atoms with E-state index in [0.717, 1.165) is 25.7 Å². The molecule has 0 saturated heterocycles. The van der Waals surface area contributed by atoms with Gasteiger partial charge in [0.1, 0.15) is 0 Å². The van der Waals surface area contributed by atoms with Crippen molar-refractivity contribution in [2.45, 2.75) is 59.4 Å². The topological polar surface area (TPSA) is 21.3 Å². The van der Waals surface area contributed by atoms with E-state index in [4.69, 9.17) is 4.74 Å². The first kappa shape index (κ1) is 14.9. The maximum atomic E-state index is 5.67. The van der Waals surface area contributed by atoms with Crippen LogP contribution in [0, 0.1) is 5.92 Å². The van der Waals surface area contributed by atoms with E-state index in [-0.39, 0.29) is 0 Å². The Hall–Kier alpha value is -0.0800. The van der Waals surface area contributed by atoms with Gasteiger partial charge in [0.15, 0.2) is 0 Å². The number of hydrogen-bond acceptors (Lipinski definition) is 2. The Morgan fingerprint density at radius 3 is 2.47 bits per heavy atom. The standard InChI is InChI=1S/C13H29NO/c1-5-7-8-13(6-2)11-15-10-9-14-12(3)4/h12-14H,5-11H2,1-4H3. The third-order valence-corrected chi connectivity index (χ3v) is 2.70. The van der Waals surface area contributed by atoms with Gasteiger partial charge in [0.2, 0.25) is 0 Å². The van der Waals surface area contributed by atoms with Crippen molar-refractivity contribution in [2.75, 3.05) is 19.8 Å². The number of unbranched alkanes of at least 4 members (excludes halogenated alkanes) is 1. The maximum absolute atomic E-state index is 5.67. The number of hydrogen-bond donors (Lipinski definition) is 1. The fourth-order valence-electron chi connectivity index (χ4n) is 1.57. The second-order valence-corrected chi connectivity index (χ2v) is 4.60. The molecule has 0 fully saturated rings. The lowest BCUT2D eigenvalue weighted by molar-refractivity contribution is 0.0947. The van der Waals surface area contributed by atoms with Crippen LogP contribution in [0.1, 0.15) is 53.4 Å². The van der Waals surface area contributed by atoms with E-state index in [1.165, 1.54) is 25.7 Å². The highest BCUT2D eigenvalue weighted by atomic mass is 16.5. The molecule has 0 aliphatic heterocycles. The van der Waals surface area contributed by atoms with E-state index in [2.05, 4.69) is 33.0 Å². The van der Waals surface area contributed by atoms with Crippen molar-refractivity contribution in [1.29, 1.82) is 0 Å². The number of ether oxygens (including phenoxy) is 1. The summed E-state index contributed by atoms with van der Waals surface area (Å²) in [6, 6.07) is 0.565. The largest absolute Gasteiger partial charge is 0.380 e. The molecule has 15 heavy (non-hydrogen) atoms. The molecule has 2 heteroatoms. The summed E-state index contributed by atoms with van der Waals surface area (Å²) in [7, 11) is 0. The van der Waals surface area contributed by atoms with Crippen LogP contribution in [-0.4, -0.2) is 25.8 Å². The molecule has 0 aliphatic rings. The van der Waals surface area contributed by atoms with Gasteiger partial charge in [0.25, 0.3) is 0 Å². The molecule has 0 heterocycles. The van der Waals surface area contributed by atoms with E-state index in [9.17, 15) is 0 Å². The highest BCUT2D eigenvalue weighted by Gasteiger charge is 2.05. The molecule has 2 nitrogen and oxygen atoms in total. The fourth-order valence-corrected chi connectivity index (χ4v) is 1.57. The van der Waals surface area contributed by atoms with E-state index < -0.39 is 0 Å². The highest BCUT2D eigenvalue weighted by Crippen LogP contribution is 2.12. The van der Waals surface area contributed by atoms with E-state index in [1.54, 1.807) is 0 Å². The van der Waals surface area contributed by atoms with Crippen LogP contribution in [0.25, 0.3) is 0 Å². The van der Waals surface area contributed by atoms with Gasteiger partial charge in [-0.05, 0) is 12.3 Å². The third-order valence-electron chi connectivity index (χ3n) is 2.70. The van der Waals surface area contributed by atoms with Gasteiger partial charge in [-0.25, -0.2) is 0 Å². The van der Waals surface area contributed by atoms with Gasteiger partial charge >= 0.3 is 0 Å². The van der Waals surface area contributed by atoms with Gasteiger partial charge in [0.05, 0.1) is 6.61 Å². The van der Waals surface area contributed by atoms with Crippen molar-refractivity contribution >= 4 is 0 Å². The number of rotatable bonds is 10. The quantitative estimate of drug-likeness (QED) is 0.565. The van der Waals surface area contributed by atoms with Crippen LogP contribution in [0.15, 0.2) is 0 Å². The van der Waals surface area contributed by atoms with Gasteiger partial charge in [-0.15, -0.1) is 0 Å². The SMILES string of the molecule is CCCCC(CC)COCCNC(C)C. The Morgan fingerprint density at radius 1 is 1.20 bits per heavy atom. The normalized spacial score (nSPS) is 13.4. The van der Waals surface area contributed by atoms with Crippen LogP contribution in [0.5, 0.6) is 0 Å². The van der Waals surface area contributed by atoms with Gasteiger partial charge in [-0.1, -0.05) is 47.0 Å². The molecule has 0 amide bonds. The predicted octanol–water partition coefficient (Wildman–Crippen LogP) is 3.22. The zero-order valence-corrected chi connectivity index (χ0v) is 11.0. The molecule has 0 rings (SSSR count). The fraction of sp³-hybridized carbons (Fsp3) is 1.00. The molecular weight excluding hydrogens is 186 g/mol. The average molecular weight is 215 g/mol. The van der Waals surface area contributed by atoms with Gasteiger partial charge < -0.3 is 10.1 Å². The van der Waals surface area contributed by atoms with Crippen molar-refractivity contribution in [3.8, 4) is 0 Å². The second-order valence-electron chi connectivity index (χ2n) is 4.60. The van der Waals surface area contributed by atoms with Crippen molar-refractivity contribution in [1.82, 2.24) is 5.32 Å². The van der Waals surface area contributed by atoms with Crippen molar-refractivity contribution in [3.05, 3.63) is 0 Å². The molecule has 92 valence electrons. The first-order chi connectivity index (χ1) is 7.20. The highest BCUT2D eigenvalue weighted by molar-refractivity contribution is 4.57. The summed E-state index contributed by atoms with van der Waals surface area (Å²) >= 11 is 0. The van der Waals surface area contributed by atoms with E-state index >= 15 is 0 Å². The minimum atomic E-state index is 0.565. The van der Waals surface area contributed by atoms with Crippen molar-refractivity contribution in [2.24, 2.45) is 5.92 Å². The van der Waals surface area contributed by atoms with E-state index in [0.29, 0.717) is 6.04 Å². The Morgan fingerprint density at radius 2 is 1.93 bits per heavy atom. The summed E-state index contributed by atoms with van der Waals surface area (Å²) in [6.07, 6.45) is 5.21. The van der Waals surface area contributed by atoms with Crippen LogP contribution in [0.4, 0.5) is 0 Å². The van der Waals surface area contributed by atoms with Crippen LogP contribution < -0.4 is 5.32 Å². The molecular formula is C13H29NO. The summed E-state index contributed by atoms with van der Waals surface area (Å²) in [5.41, 5.74) is 0. The molecule has 0 saturated carbocycles. The van der Waals surface area contributed by atoms with Gasteiger partial charge in [-0.2, -0.15) is 0 Å². The molecule has 0 aromatic heterocycles. The maximum Gasteiger partial charge on any atom is 0.0591 e. The first-order valence-electron chi connectivity index (χ1n) is 6.51. The van der Waals surface area contributed by atoms with Crippen LogP contribution in [0.2, 0.25) is 0 Å². The van der Waals surface area contributed by atoms with Crippen LogP contribution in [0.3, 0.4) is 0 Å². The molecule has 0 aliphatic carbocycles. The molecule has 0 radical (unpaired) electrons. The number of nitrogens with one attached hydrogen (secondary N) is 1. The average Bonchev–Trinajstić information content (AvgIpc) is 2.21. The summed E-state index contributed by atoms with van der Waals surface area (Å²) in [4.78, 5) is 0. The minimum absolute atomic E-state index is 0.565. The Labute approximate surface area is 95.8 Å².